The van der Waals surface area contributed by atoms with Crippen molar-refractivity contribution >= 4 is 35.2 Å². The molecule has 0 aliphatic rings. The molecule has 1 aromatic rings. The zero-order chi connectivity index (χ0) is 12.8. The van der Waals surface area contributed by atoms with Crippen LogP contribution in [-0.4, -0.2) is 12.5 Å². The Kier molecular flexibility index (Phi) is 5.52. The highest BCUT2D eigenvalue weighted by Crippen LogP contribution is 2.22. The maximum atomic E-state index is 11.4. The van der Waals surface area contributed by atoms with Crippen molar-refractivity contribution in [3.63, 3.8) is 0 Å². The first-order valence-electron chi connectivity index (χ1n) is 5.40. The number of amides is 1. The minimum atomic E-state index is -0.107. The van der Waals surface area contributed by atoms with Crippen LogP contribution in [0.5, 0.6) is 0 Å². The molecule has 0 saturated carbocycles. The van der Waals surface area contributed by atoms with E-state index in [1.54, 1.807) is 24.3 Å². The van der Waals surface area contributed by atoms with E-state index in [0.29, 0.717) is 22.5 Å². The monoisotopic (exact) mass is 271 g/mol. The Morgan fingerprint density at radius 3 is 2.65 bits per heavy atom. The number of benzene rings is 1. The second kappa shape index (κ2) is 6.67. The molecule has 1 rings (SSSR count). The summed E-state index contributed by atoms with van der Waals surface area (Å²) >= 11 is 11.7. The summed E-state index contributed by atoms with van der Waals surface area (Å²) in [5.41, 5.74) is 0.846. The van der Waals surface area contributed by atoms with Crippen molar-refractivity contribution in [1.29, 1.82) is 0 Å². The molecular weight excluding hydrogens is 257 g/mol. The molecule has 0 aliphatic heterocycles. The summed E-state index contributed by atoms with van der Waals surface area (Å²) < 4.78 is 0. The third kappa shape index (κ3) is 5.24. The first-order chi connectivity index (χ1) is 7.99. The maximum Gasteiger partial charge on any atom is 0.244 e. The lowest BCUT2D eigenvalue weighted by Gasteiger charge is -2.04. The van der Waals surface area contributed by atoms with Crippen molar-refractivity contribution in [2.75, 3.05) is 6.54 Å². The first kappa shape index (κ1) is 14.1. The van der Waals surface area contributed by atoms with Crippen molar-refractivity contribution in [2.24, 2.45) is 5.92 Å². The van der Waals surface area contributed by atoms with Gasteiger partial charge in [0.05, 0.1) is 10.0 Å². The highest BCUT2D eigenvalue weighted by molar-refractivity contribution is 6.42. The van der Waals surface area contributed by atoms with E-state index in [4.69, 9.17) is 23.2 Å². The molecule has 0 aromatic heterocycles. The van der Waals surface area contributed by atoms with Gasteiger partial charge in [0.25, 0.3) is 0 Å². The number of nitrogens with one attached hydrogen (secondary N) is 1. The molecule has 17 heavy (non-hydrogen) atoms. The van der Waals surface area contributed by atoms with E-state index in [2.05, 4.69) is 5.32 Å². The van der Waals surface area contributed by atoms with Crippen LogP contribution in [0.1, 0.15) is 19.4 Å². The van der Waals surface area contributed by atoms with Crippen molar-refractivity contribution in [2.45, 2.75) is 13.8 Å². The summed E-state index contributed by atoms with van der Waals surface area (Å²) in [7, 11) is 0. The first-order valence-corrected chi connectivity index (χ1v) is 6.15. The second-order valence-electron chi connectivity index (χ2n) is 4.15. The molecular formula is C13H15Cl2NO. The van der Waals surface area contributed by atoms with Crippen LogP contribution in [0.3, 0.4) is 0 Å². The Morgan fingerprint density at radius 1 is 1.35 bits per heavy atom. The molecule has 0 saturated heterocycles. The van der Waals surface area contributed by atoms with Crippen LogP contribution in [-0.2, 0) is 4.79 Å². The summed E-state index contributed by atoms with van der Waals surface area (Å²) in [6.45, 7) is 4.76. The number of carbonyl (C=O) groups is 1. The topological polar surface area (TPSA) is 29.1 Å². The average Bonchev–Trinajstić information content (AvgIpc) is 2.28. The number of halogens is 2. The van der Waals surface area contributed by atoms with E-state index in [1.807, 2.05) is 13.8 Å². The minimum absolute atomic E-state index is 0.107. The molecule has 1 aromatic carbocycles. The summed E-state index contributed by atoms with van der Waals surface area (Å²) in [6, 6.07) is 5.23. The Balaban J connectivity index is 2.58. The molecule has 92 valence electrons. The average molecular weight is 272 g/mol. The highest BCUT2D eigenvalue weighted by atomic mass is 35.5. The van der Waals surface area contributed by atoms with E-state index in [9.17, 15) is 4.79 Å². The fourth-order valence-corrected chi connectivity index (χ4v) is 1.46. The van der Waals surface area contributed by atoms with Crippen LogP contribution in [0.4, 0.5) is 0 Å². The quantitative estimate of drug-likeness (QED) is 0.830. The molecule has 0 heterocycles. The third-order valence-electron chi connectivity index (χ3n) is 2.06. The molecule has 1 amide bonds. The normalized spacial score (nSPS) is 11.1. The molecule has 0 radical (unpaired) electrons. The van der Waals surface area contributed by atoms with E-state index < -0.39 is 0 Å². The Hall–Kier alpha value is -0.990. The fraction of sp³-hybridized carbons (Fsp3) is 0.308. The number of hydrogen-bond acceptors (Lipinski definition) is 1. The van der Waals surface area contributed by atoms with Gasteiger partial charge >= 0.3 is 0 Å². The fourth-order valence-electron chi connectivity index (χ4n) is 1.15. The summed E-state index contributed by atoms with van der Waals surface area (Å²) in [5.74, 6) is 0.335. The van der Waals surface area contributed by atoms with Gasteiger partial charge in [0, 0.05) is 12.6 Å². The van der Waals surface area contributed by atoms with Crippen LogP contribution in [0.25, 0.3) is 6.08 Å². The van der Waals surface area contributed by atoms with Gasteiger partial charge in [0.2, 0.25) is 5.91 Å². The molecule has 0 spiro atoms. The molecule has 4 heteroatoms. The van der Waals surface area contributed by atoms with Crippen molar-refractivity contribution in [3.05, 3.63) is 39.9 Å². The summed E-state index contributed by atoms with van der Waals surface area (Å²) in [4.78, 5) is 11.4. The standard InChI is InChI=1S/C13H15Cl2NO/c1-9(2)8-16-13(17)6-4-10-3-5-11(14)12(15)7-10/h3-7,9H,8H2,1-2H3,(H,16,17). The SMILES string of the molecule is CC(C)CNC(=O)C=Cc1ccc(Cl)c(Cl)c1. The van der Waals surface area contributed by atoms with Gasteiger partial charge in [-0.1, -0.05) is 43.1 Å². The smallest absolute Gasteiger partial charge is 0.244 e. The predicted molar refractivity (Wildman–Crippen MR) is 73.3 cm³/mol. The van der Waals surface area contributed by atoms with E-state index in [1.165, 1.54) is 6.08 Å². The predicted octanol–water partition coefficient (Wildman–Crippen LogP) is 3.78. The van der Waals surface area contributed by atoms with Gasteiger partial charge in [-0.15, -0.1) is 0 Å². The maximum absolute atomic E-state index is 11.4. The lowest BCUT2D eigenvalue weighted by atomic mass is 10.2. The summed E-state index contributed by atoms with van der Waals surface area (Å²) in [5, 5.41) is 3.78. The van der Waals surface area contributed by atoms with Gasteiger partial charge < -0.3 is 5.32 Å². The van der Waals surface area contributed by atoms with Gasteiger partial charge in [0.1, 0.15) is 0 Å². The van der Waals surface area contributed by atoms with Gasteiger partial charge in [-0.05, 0) is 29.7 Å². The molecule has 0 bridgehead atoms. The zero-order valence-corrected chi connectivity index (χ0v) is 11.3. The van der Waals surface area contributed by atoms with Crippen molar-refractivity contribution < 1.29 is 4.79 Å². The van der Waals surface area contributed by atoms with E-state index >= 15 is 0 Å². The van der Waals surface area contributed by atoms with E-state index in [0.717, 1.165) is 5.56 Å². The highest BCUT2D eigenvalue weighted by Gasteiger charge is 1.99. The van der Waals surface area contributed by atoms with Gasteiger partial charge in [0.15, 0.2) is 0 Å². The molecule has 2 nitrogen and oxygen atoms in total. The van der Waals surface area contributed by atoms with Gasteiger partial charge in [-0.25, -0.2) is 0 Å². The number of hydrogen-bond donors (Lipinski definition) is 1. The van der Waals surface area contributed by atoms with Crippen molar-refractivity contribution in [1.82, 2.24) is 5.32 Å². The molecule has 0 unspecified atom stereocenters. The van der Waals surface area contributed by atoms with Gasteiger partial charge in [-0.3, -0.25) is 4.79 Å². The Labute approximate surface area is 112 Å². The van der Waals surface area contributed by atoms with Crippen molar-refractivity contribution in [3.8, 4) is 0 Å². The van der Waals surface area contributed by atoms with Crippen LogP contribution in [0, 0.1) is 5.92 Å². The number of carbonyl (C=O) groups excluding carboxylic acids is 1. The second-order valence-corrected chi connectivity index (χ2v) is 4.96. The molecule has 0 atom stereocenters. The van der Waals surface area contributed by atoms with E-state index in [-0.39, 0.29) is 5.91 Å². The molecule has 0 aliphatic carbocycles. The largest absolute Gasteiger partial charge is 0.352 e. The van der Waals surface area contributed by atoms with Crippen LogP contribution in [0.15, 0.2) is 24.3 Å². The Morgan fingerprint density at radius 2 is 2.06 bits per heavy atom. The van der Waals surface area contributed by atoms with Gasteiger partial charge in [-0.2, -0.15) is 0 Å². The summed E-state index contributed by atoms with van der Waals surface area (Å²) in [6.07, 6.45) is 3.19. The molecule has 1 N–H and O–H groups in total. The lowest BCUT2D eigenvalue weighted by Crippen LogP contribution is -2.25. The zero-order valence-electron chi connectivity index (χ0n) is 9.84. The van der Waals surface area contributed by atoms with Crippen LogP contribution in [0.2, 0.25) is 10.0 Å². The Bertz CT molecular complexity index is 427. The number of rotatable bonds is 4. The lowest BCUT2D eigenvalue weighted by molar-refractivity contribution is -0.116. The van der Waals surface area contributed by atoms with Crippen LogP contribution < -0.4 is 5.32 Å². The molecule has 0 fully saturated rings. The minimum Gasteiger partial charge on any atom is -0.352 e. The third-order valence-corrected chi connectivity index (χ3v) is 2.79. The van der Waals surface area contributed by atoms with Crippen LogP contribution >= 0.6 is 23.2 Å².